The molecule has 0 bridgehead atoms. The highest BCUT2D eigenvalue weighted by Crippen LogP contribution is 2.32. The number of hydrogen-bond acceptors (Lipinski definition) is 5. The minimum Gasteiger partial charge on any atom is -0.382 e. The Morgan fingerprint density at radius 3 is 2.64 bits per heavy atom. The molecule has 1 aliphatic rings. The van der Waals surface area contributed by atoms with E-state index in [4.69, 9.17) is 11.1 Å². The number of amidine groups is 1. The van der Waals surface area contributed by atoms with Crippen molar-refractivity contribution in [3.63, 3.8) is 0 Å². The minimum absolute atomic E-state index is 0.00426. The summed E-state index contributed by atoms with van der Waals surface area (Å²) < 4.78 is 40.4. The molecule has 1 aromatic heterocycles. The molecule has 1 aromatic carbocycles. The number of benzene rings is 1. The largest absolute Gasteiger partial charge is 0.382 e. The first kappa shape index (κ1) is 14.1. The summed E-state index contributed by atoms with van der Waals surface area (Å²) >= 11 is 0. The fourth-order valence-electron chi connectivity index (χ4n) is 2.21. The lowest BCUT2D eigenvalue weighted by Crippen LogP contribution is -2.16. The Morgan fingerprint density at radius 1 is 1.23 bits per heavy atom. The van der Waals surface area contributed by atoms with Crippen LogP contribution in [-0.2, 0) is 0 Å². The number of nitrogens with one attached hydrogen (secondary N) is 3. The van der Waals surface area contributed by atoms with Crippen LogP contribution in [0.3, 0.4) is 0 Å². The van der Waals surface area contributed by atoms with Crippen molar-refractivity contribution in [2.45, 2.75) is 6.92 Å². The van der Waals surface area contributed by atoms with Crippen LogP contribution in [0.5, 0.6) is 0 Å². The van der Waals surface area contributed by atoms with Crippen LogP contribution in [0, 0.1) is 29.8 Å². The third-order valence-electron chi connectivity index (χ3n) is 3.33. The highest BCUT2D eigenvalue weighted by atomic mass is 19.2. The van der Waals surface area contributed by atoms with Gasteiger partial charge in [0.05, 0.1) is 6.67 Å². The molecule has 0 unspecified atom stereocenters. The smallest absolute Gasteiger partial charge is 0.194 e. The van der Waals surface area contributed by atoms with Gasteiger partial charge in [-0.25, -0.2) is 23.1 Å². The SMILES string of the molecule is Cc1c(-c2nc3c(c(C(=N)N)n2)NCN3)cc(F)c(F)c1F. The lowest BCUT2D eigenvalue weighted by atomic mass is 10.1. The normalized spacial score (nSPS) is 12.5. The van der Waals surface area contributed by atoms with Gasteiger partial charge >= 0.3 is 0 Å². The maximum atomic E-state index is 13.7. The lowest BCUT2D eigenvalue weighted by molar-refractivity contribution is 0.444. The zero-order valence-corrected chi connectivity index (χ0v) is 11.4. The number of fused-ring (bicyclic) bond motifs is 1. The maximum absolute atomic E-state index is 13.7. The Hall–Kier alpha value is -2.84. The van der Waals surface area contributed by atoms with E-state index >= 15 is 0 Å². The van der Waals surface area contributed by atoms with Gasteiger partial charge in [-0.1, -0.05) is 0 Å². The van der Waals surface area contributed by atoms with Crippen LogP contribution < -0.4 is 16.4 Å². The van der Waals surface area contributed by atoms with Crippen LogP contribution in [0.4, 0.5) is 24.7 Å². The van der Waals surface area contributed by atoms with Crippen molar-refractivity contribution < 1.29 is 13.2 Å². The Kier molecular flexibility index (Phi) is 3.12. The molecule has 1 aliphatic heterocycles. The van der Waals surface area contributed by atoms with E-state index in [1.807, 2.05) is 0 Å². The molecule has 0 spiro atoms. The summed E-state index contributed by atoms with van der Waals surface area (Å²) in [6.45, 7) is 1.65. The van der Waals surface area contributed by atoms with Crippen molar-refractivity contribution in [1.29, 1.82) is 5.41 Å². The molecule has 0 saturated heterocycles. The predicted molar refractivity (Wildman–Crippen MR) is 75.2 cm³/mol. The van der Waals surface area contributed by atoms with Gasteiger partial charge in [0.15, 0.2) is 29.1 Å². The van der Waals surface area contributed by atoms with Crippen LogP contribution in [0.2, 0.25) is 0 Å². The van der Waals surface area contributed by atoms with Crippen LogP contribution in [0.25, 0.3) is 11.4 Å². The van der Waals surface area contributed by atoms with Crippen LogP contribution in [0.15, 0.2) is 6.07 Å². The second kappa shape index (κ2) is 4.86. The Balaban J connectivity index is 2.26. The van der Waals surface area contributed by atoms with Gasteiger partial charge in [0.2, 0.25) is 0 Å². The minimum atomic E-state index is -1.55. The van der Waals surface area contributed by atoms with E-state index in [1.54, 1.807) is 0 Å². The molecule has 114 valence electrons. The molecule has 0 fully saturated rings. The highest BCUT2D eigenvalue weighted by Gasteiger charge is 2.24. The molecule has 0 atom stereocenters. The van der Waals surface area contributed by atoms with Gasteiger partial charge in [-0.3, -0.25) is 5.41 Å². The van der Waals surface area contributed by atoms with Gasteiger partial charge in [0, 0.05) is 5.56 Å². The molecule has 0 radical (unpaired) electrons. The third-order valence-corrected chi connectivity index (χ3v) is 3.33. The quantitative estimate of drug-likeness (QED) is 0.386. The summed E-state index contributed by atoms with van der Waals surface area (Å²) in [5, 5.41) is 13.3. The molecule has 2 aromatic rings. The topological polar surface area (TPSA) is 99.7 Å². The van der Waals surface area contributed by atoms with Crippen LogP contribution in [-0.4, -0.2) is 22.5 Å². The molecule has 2 heterocycles. The van der Waals surface area contributed by atoms with Gasteiger partial charge in [0.1, 0.15) is 17.2 Å². The fraction of sp³-hybridized carbons (Fsp3) is 0.154. The molecule has 22 heavy (non-hydrogen) atoms. The number of anilines is 2. The average molecular weight is 308 g/mol. The highest BCUT2D eigenvalue weighted by molar-refractivity contribution is 6.01. The third kappa shape index (κ3) is 2.01. The van der Waals surface area contributed by atoms with Gasteiger partial charge in [-0.2, -0.15) is 0 Å². The standard InChI is InChI=1S/C13H11F3N6/c1-4-5(2-6(14)8(16)7(4)15)12-21-9(11(17)18)10-13(22-12)20-3-19-10/h2,19H,3H2,1H3,(H3,17,18)(H,20,21,22). The summed E-state index contributed by atoms with van der Waals surface area (Å²) in [5.41, 5.74) is 5.89. The predicted octanol–water partition coefficient (Wildman–Crippen LogP) is 1.95. The first-order valence-corrected chi connectivity index (χ1v) is 6.28. The Labute approximate surface area is 123 Å². The molecular formula is C13H11F3N6. The summed E-state index contributed by atoms with van der Waals surface area (Å²) in [7, 11) is 0. The van der Waals surface area contributed by atoms with Crippen molar-refractivity contribution in [2.24, 2.45) is 5.73 Å². The zero-order chi connectivity index (χ0) is 16.0. The van der Waals surface area contributed by atoms with E-state index < -0.39 is 17.5 Å². The number of nitrogen functional groups attached to an aromatic ring is 1. The Bertz CT molecular complexity index is 805. The molecule has 3 rings (SSSR count). The monoisotopic (exact) mass is 308 g/mol. The summed E-state index contributed by atoms with van der Waals surface area (Å²) in [6, 6.07) is 0.821. The molecule has 5 N–H and O–H groups in total. The number of rotatable bonds is 2. The van der Waals surface area contributed by atoms with Gasteiger partial charge in [-0.15, -0.1) is 0 Å². The maximum Gasteiger partial charge on any atom is 0.194 e. The molecule has 0 amide bonds. The average Bonchev–Trinajstić information content (AvgIpc) is 2.95. The fourth-order valence-corrected chi connectivity index (χ4v) is 2.21. The van der Waals surface area contributed by atoms with Gasteiger partial charge < -0.3 is 16.4 Å². The zero-order valence-electron chi connectivity index (χ0n) is 11.4. The Morgan fingerprint density at radius 2 is 1.95 bits per heavy atom. The van der Waals surface area contributed by atoms with E-state index in [9.17, 15) is 13.2 Å². The summed E-state index contributed by atoms with van der Waals surface area (Å²) in [5.74, 6) is -4.19. The van der Waals surface area contributed by atoms with E-state index in [0.717, 1.165) is 6.07 Å². The van der Waals surface area contributed by atoms with E-state index in [-0.39, 0.29) is 28.5 Å². The number of halogens is 3. The number of nitrogens with two attached hydrogens (primary N) is 1. The van der Waals surface area contributed by atoms with Crippen molar-refractivity contribution in [2.75, 3.05) is 17.3 Å². The lowest BCUT2D eigenvalue weighted by Gasteiger charge is -2.11. The molecule has 6 nitrogen and oxygen atoms in total. The summed E-state index contributed by atoms with van der Waals surface area (Å²) in [6.07, 6.45) is 0. The molecule has 0 saturated carbocycles. The molecule has 9 heteroatoms. The van der Waals surface area contributed by atoms with Crippen molar-refractivity contribution in [3.8, 4) is 11.4 Å². The summed E-state index contributed by atoms with van der Waals surface area (Å²) in [4.78, 5) is 8.21. The number of nitrogens with zero attached hydrogens (tertiary/aromatic N) is 2. The number of hydrogen-bond donors (Lipinski definition) is 4. The van der Waals surface area contributed by atoms with E-state index in [1.165, 1.54) is 6.92 Å². The second-order valence-electron chi connectivity index (χ2n) is 4.72. The molecular weight excluding hydrogens is 297 g/mol. The van der Waals surface area contributed by atoms with E-state index in [2.05, 4.69) is 20.6 Å². The van der Waals surface area contributed by atoms with Gasteiger partial charge in [-0.05, 0) is 18.6 Å². The first-order chi connectivity index (χ1) is 10.4. The van der Waals surface area contributed by atoms with Crippen molar-refractivity contribution in [3.05, 3.63) is 34.8 Å². The van der Waals surface area contributed by atoms with Crippen LogP contribution in [0.1, 0.15) is 11.3 Å². The second-order valence-corrected chi connectivity index (χ2v) is 4.72. The first-order valence-electron chi connectivity index (χ1n) is 6.28. The van der Waals surface area contributed by atoms with Crippen molar-refractivity contribution in [1.82, 2.24) is 9.97 Å². The van der Waals surface area contributed by atoms with Crippen molar-refractivity contribution >= 4 is 17.3 Å². The van der Waals surface area contributed by atoms with Crippen LogP contribution >= 0.6 is 0 Å². The number of aromatic nitrogens is 2. The van der Waals surface area contributed by atoms with Gasteiger partial charge in [0.25, 0.3) is 0 Å². The molecule has 0 aliphatic carbocycles. The van der Waals surface area contributed by atoms with E-state index in [0.29, 0.717) is 18.2 Å².